The number of aryl methyl sites for hydroxylation is 1. The molecule has 0 aliphatic heterocycles. The highest BCUT2D eigenvalue weighted by Crippen LogP contribution is 2.23. The van der Waals surface area contributed by atoms with Gasteiger partial charge in [0.2, 0.25) is 0 Å². The Morgan fingerprint density at radius 2 is 2.33 bits per heavy atom. The Labute approximate surface area is 77.6 Å². The fourth-order valence-corrected chi connectivity index (χ4v) is 2.14. The molecular weight excluding hydrogens is 170 g/mol. The number of rotatable bonds is 4. The monoisotopic (exact) mass is 185 g/mol. The predicted molar refractivity (Wildman–Crippen MR) is 51.5 cm³/mol. The molecule has 0 saturated heterocycles. The minimum Gasteiger partial charge on any atom is -0.374 e. The van der Waals surface area contributed by atoms with Gasteiger partial charge in [-0.15, -0.1) is 11.3 Å². The summed E-state index contributed by atoms with van der Waals surface area (Å²) in [5, 5.41) is 3.22. The van der Waals surface area contributed by atoms with Crippen LogP contribution in [0.5, 0.6) is 0 Å². The predicted octanol–water partition coefficient (Wildman–Crippen LogP) is 2.80. The summed E-state index contributed by atoms with van der Waals surface area (Å²) >= 11 is 1.70. The molecule has 0 radical (unpaired) electrons. The minimum absolute atomic E-state index is 0.190. The van der Waals surface area contributed by atoms with Crippen LogP contribution in [0.15, 0.2) is 5.38 Å². The van der Waals surface area contributed by atoms with Crippen LogP contribution in [0.3, 0.4) is 0 Å². The third-order valence-electron chi connectivity index (χ3n) is 1.86. The van der Waals surface area contributed by atoms with Crippen LogP contribution in [0, 0.1) is 0 Å². The van der Waals surface area contributed by atoms with Crippen molar-refractivity contribution in [2.75, 3.05) is 7.11 Å². The highest BCUT2D eigenvalue weighted by Gasteiger charge is 2.11. The average molecular weight is 185 g/mol. The molecule has 0 spiro atoms. The summed E-state index contributed by atoms with van der Waals surface area (Å²) in [5.74, 6) is 0. The van der Waals surface area contributed by atoms with Crippen molar-refractivity contribution in [3.05, 3.63) is 16.1 Å². The van der Waals surface area contributed by atoms with E-state index in [1.807, 2.05) is 0 Å². The molecule has 0 aliphatic rings. The van der Waals surface area contributed by atoms with Gasteiger partial charge < -0.3 is 4.74 Å². The van der Waals surface area contributed by atoms with Crippen LogP contribution >= 0.6 is 11.3 Å². The third-order valence-corrected chi connectivity index (χ3v) is 2.85. The molecule has 0 fully saturated rings. The first kappa shape index (κ1) is 9.68. The molecular formula is C9H15NOS. The van der Waals surface area contributed by atoms with E-state index in [1.54, 1.807) is 18.4 Å². The smallest absolute Gasteiger partial charge is 0.122 e. The van der Waals surface area contributed by atoms with Gasteiger partial charge in [-0.1, -0.05) is 13.8 Å². The van der Waals surface area contributed by atoms with Gasteiger partial charge in [0.15, 0.2) is 0 Å². The van der Waals surface area contributed by atoms with E-state index in [1.165, 1.54) is 5.69 Å². The van der Waals surface area contributed by atoms with Gasteiger partial charge in [-0.2, -0.15) is 0 Å². The number of aromatic nitrogens is 1. The molecule has 0 saturated carbocycles. The Morgan fingerprint density at radius 1 is 1.58 bits per heavy atom. The van der Waals surface area contributed by atoms with E-state index in [0.29, 0.717) is 0 Å². The van der Waals surface area contributed by atoms with Gasteiger partial charge in [-0.25, -0.2) is 4.98 Å². The summed E-state index contributed by atoms with van der Waals surface area (Å²) in [6, 6.07) is 0. The number of ether oxygens (including phenoxy) is 1. The summed E-state index contributed by atoms with van der Waals surface area (Å²) in [5.41, 5.74) is 1.17. The quantitative estimate of drug-likeness (QED) is 0.719. The largest absolute Gasteiger partial charge is 0.374 e. The maximum absolute atomic E-state index is 5.29. The lowest BCUT2D eigenvalue weighted by molar-refractivity contribution is 0.0997. The summed E-state index contributed by atoms with van der Waals surface area (Å²) < 4.78 is 5.29. The fourth-order valence-electron chi connectivity index (χ4n) is 1.08. The van der Waals surface area contributed by atoms with Crippen molar-refractivity contribution in [3.63, 3.8) is 0 Å². The lowest BCUT2D eigenvalue weighted by Crippen LogP contribution is -1.98. The summed E-state index contributed by atoms with van der Waals surface area (Å²) in [6.07, 6.45) is 2.19. The SMILES string of the molecule is CCc1csc(C(CC)OC)n1. The highest BCUT2D eigenvalue weighted by molar-refractivity contribution is 7.09. The van der Waals surface area contributed by atoms with Gasteiger partial charge >= 0.3 is 0 Å². The van der Waals surface area contributed by atoms with E-state index in [-0.39, 0.29) is 6.10 Å². The van der Waals surface area contributed by atoms with E-state index in [4.69, 9.17) is 4.74 Å². The number of hydrogen-bond donors (Lipinski definition) is 0. The second-order valence-electron chi connectivity index (χ2n) is 2.66. The molecule has 1 heterocycles. The summed E-state index contributed by atoms with van der Waals surface area (Å²) in [4.78, 5) is 4.46. The first-order chi connectivity index (χ1) is 5.81. The third kappa shape index (κ3) is 2.05. The van der Waals surface area contributed by atoms with Gasteiger partial charge in [-0.3, -0.25) is 0 Å². The Kier molecular flexibility index (Phi) is 3.69. The van der Waals surface area contributed by atoms with Crippen molar-refractivity contribution in [3.8, 4) is 0 Å². The van der Waals surface area contributed by atoms with Crippen LogP contribution in [0.4, 0.5) is 0 Å². The lowest BCUT2D eigenvalue weighted by atomic mass is 10.3. The number of methoxy groups -OCH3 is 1. The summed E-state index contributed by atoms with van der Waals surface area (Å²) in [6.45, 7) is 4.23. The molecule has 0 bridgehead atoms. The first-order valence-corrected chi connectivity index (χ1v) is 5.16. The Hall–Kier alpha value is -0.410. The zero-order chi connectivity index (χ0) is 8.97. The van der Waals surface area contributed by atoms with Gasteiger partial charge in [0.25, 0.3) is 0 Å². The molecule has 3 heteroatoms. The lowest BCUT2D eigenvalue weighted by Gasteiger charge is -2.08. The standard InChI is InChI=1S/C9H15NOS/c1-4-7-6-12-9(10-7)8(5-2)11-3/h6,8H,4-5H2,1-3H3. The Morgan fingerprint density at radius 3 is 2.75 bits per heavy atom. The molecule has 2 nitrogen and oxygen atoms in total. The van der Waals surface area contributed by atoms with E-state index in [9.17, 15) is 0 Å². The second kappa shape index (κ2) is 4.58. The van der Waals surface area contributed by atoms with Gasteiger partial charge in [-0.05, 0) is 12.8 Å². The molecule has 1 atom stereocenters. The van der Waals surface area contributed by atoms with E-state index in [2.05, 4.69) is 24.2 Å². The van der Waals surface area contributed by atoms with Crippen LogP contribution in [0.1, 0.15) is 37.1 Å². The van der Waals surface area contributed by atoms with Crippen molar-refractivity contribution < 1.29 is 4.74 Å². The summed E-state index contributed by atoms with van der Waals surface area (Å²) in [7, 11) is 1.74. The molecule has 1 aromatic rings. The van der Waals surface area contributed by atoms with Crippen molar-refractivity contribution in [1.29, 1.82) is 0 Å². The molecule has 0 aromatic carbocycles. The van der Waals surface area contributed by atoms with Crippen LogP contribution in [0.25, 0.3) is 0 Å². The van der Waals surface area contributed by atoms with Crippen molar-refractivity contribution in [1.82, 2.24) is 4.98 Å². The van der Waals surface area contributed by atoms with Crippen molar-refractivity contribution in [2.24, 2.45) is 0 Å². The second-order valence-corrected chi connectivity index (χ2v) is 3.55. The number of hydrogen-bond acceptors (Lipinski definition) is 3. The molecule has 12 heavy (non-hydrogen) atoms. The highest BCUT2D eigenvalue weighted by atomic mass is 32.1. The maximum Gasteiger partial charge on any atom is 0.122 e. The van der Waals surface area contributed by atoms with Crippen LogP contribution in [0.2, 0.25) is 0 Å². The Bertz CT molecular complexity index is 230. The van der Waals surface area contributed by atoms with Gasteiger partial charge in [0.1, 0.15) is 11.1 Å². The normalized spacial score (nSPS) is 13.2. The van der Waals surface area contributed by atoms with Crippen molar-refractivity contribution >= 4 is 11.3 Å². The van der Waals surface area contributed by atoms with E-state index >= 15 is 0 Å². The van der Waals surface area contributed by atoms with Crippen LogP contribution in [-0.4, -0.2) is 12.1 Å². The zero-order valence-corrected chi connectivity index (χ0v) is 8.65. The first-order valence-electron chi connectivity index (χ1n) is 4.28. The van der Waals surface area contributed by atoms with E-state index < -0.39 is 0 Å². The molecule has 1 rings (SSSR count). The molecule has 1 aromatic heterocycles. The fraction of sp³-hybridized carbons (Fsp3) is 0.667. The molecule has 0 aliphatic carbocycles. The minimum atomic E-state index is 0.190. The number of nitrogens with zero attached hydrogens (tertiary/aromatic N) is 1. The van der Waals surface area contributed by atoms with Gasteiger partial charge in [0, 0.05) is 12.5 Å². The molecule has 1 unspecified atom stereocenters. The van der Waals surface area contributed by atoms with Crippen molar-refractivity contribution in [2.45, 2.75) is 32.8 Å². The topological polar surface area (TPSA) is 22.1 Å². The maximum atomic E-state index is 5.29. The zero-order valence-electron chi connectivity index (χ0n) is 7.83. The molecule has 0 amide bonds. The molecule has 0 N–H and O–H groups in total. The molecule has 68 valence electrons. The number of thiazole rings is 1. The van der Waals surface area contributed by atoms with Crippen LogP contribution < -0.4 is 0 Å². The van der Waals surface area contributed by atoms with E-state index in [0.717, 1.165) is 17.8 Å². The van der Waals surface area contributed by atoms with Crippen LogP contribution in [-0.2, 0) is 11.2 Å². The van der Waals surface area contributed by atoms with Gasteiger partial charge in [0.05, 0.1) is 5.69 Å². The Balaban J connectivity index is 2.72. The average Bonchev–Trinajstić information content (AvgIpc) is 2.55.